The number of benzene rings is 4. The highest BCUT2D eigenvalue weighted by atomic mass is 19.4. The molecule has 5 rings (SSSR count). The number of rotatable bonds is 15. The van der Waals surface area contributed by atoms with Crippen LogP contribution in [-0.2, 0) is 51.2 Å². The van der Waals surface area contributed by atoms with Crippen LogP contribution < -0.4 is 0 Å². The van der Waals surface area contributed by atoms with Crippen LogP contribution in [0.2, 0.25) is 0 Å². The zero-order valence-electron chi connectivity index (χ0n) is 28.7. The average molecular weight is 734 g/mol. The topological polar surface area (TPSA) is 119 Å². The average Bonchev–Trinajstić information content (AvgIpc) is 3.16. The second kappa shape index (κ2) is 18.9. The Balaban J connectivity index is 1.56. The number of Topliss-reactive ketones (excluding diaryl/α,β-unsaturated/α-hetero) is 1. The van der Waals surface area contributed by atoms with Crippen LogP contribution in [0.15, 0.2) is 126 Å². The molecule has 0 radical (unpaired) electrons. The summed E-state index contributed by atoms with van der Waals surface area (Å²) in [5, 5.41) is 0. The minimum Gasteiger partial charge on any atom is -0.457 e. The van der Waals surface area contributed by atoms with Crippen molar-refractivity contribution in [2.75, 3.05) is 6.61 Å². The molecule has 0 spiro atoms. The fraction of sp³-hybridized carbons (Fsp3) is 0.300. The number of aliphatic imine (C=N–C) groups is 1. The number of esters is 2. The standard InChI is InChI=1S/C40H38F3NO9/c1-27(45)22-23-33(46)51-34-32(26-48-24-28-14-6-2-7-15-28)50-38(53-39(40(41,42)43)44-31-20-12-5-13-21-31)36(52-37(47)30-18-10-4-11-19-30)35(34)49-25-29-16-8-3-9-17-29/h2-21,32,34-36,38H,22-26H2,1H3/t32-,34-,35+,36-,38-/m1/s1. The summed E-state index contributed by atoms with van der Waals surface area (Å²) in [4.78, 5) is 42.2. The first kappa shape index (κ1) is 38.9. The van der Waals surface area contributed by atoms with E-state index in [0.29, 0.717) is 5.56 Å². The van der Waals surface area contributed by atoms with E-state index < -0.39 is 54.7 Å². The van der Waals surface area contributed by atoms with Crippen molar-refractivity contribution in [2.24, 2.45) is 4.99 Å². The van der Waals surface area contributed by atoms with E-state index >= 15 is 0 Å². The molecule has 13 heteroatoms. The van der Waals surface area contributed by atoms with Gasteiger partial charge in [-0.15, -0.1) is 0 Å². The molecule has 0 unspecified atom stereocenters. The Hall–Kier alpha value is -5.37. The van der Waals surface area contributed by atoms with Crippen LogP contribution in [0.1, 0.15) is 41.3 Å². The van der Waals surface area contributed by atoms with Gasteiger partial charge in [0.05, 0.1) is 37.5 Å². The van der Waals surface area contributed by atoms with Crippen molar-refractivity contribution in [3.8, 4) is 0 Å². The van der Waals surface area contributed by atoms with E-state index in [9.17, 15) is 27.6 Å². The molecule has 1 saturated heterocycles. The predicted octanol–water partition coefficient (Wildman–Crippen LogP) is 7.33. The van der Waals surface area contributed by atoms with E-state index in [2.05, 4.69) is 4.99 Å². The zero-order chi connectivity index (χ0) is 37.6. The van der Waals surface area contributed by atoms with Crippen molar-refractivity contribution in [1.29, 1.82) is 0 Å². The van der Waals surface area contributed by atoms with Crippen LogP contribution >= 0.6 is 0 Å². The van der Waals surface area contributed by atoms with Crippen LogP contribution in [0.3, 0.4) is 0 Å². The smallest absolute Gasteiger partial charge is 0.457 e. The number of ketones is 1. The number of hydrogen-bond acceptors (Lipinski definition) is 10. The molecule has 0 saturated carbocycles. The second-order valence-electron chi connectivity index (χ2n) is 12.1. The summed E-state index contributed by atoms with van der Waals surface area (Å²) in [7, 11) is 0. The van der Waals surface area contributed by atoms with Crippen molar-refractivity contribution < 1.29 is 56.0 Å². The Morgan fingerprint density at radius 2 is 1.25 bits per heavy atom. The Labute approximate surface area is 304 Å². The third-order valence-electron chi connectivity index (χ3n) is 7.93. The highest BCUT2D eigenvalue weighted by Gasteiger charge is 2.54. The summed E-state index contributed by atoms with van der Waals surface area (Å²) in [6.07, 6.45) is -13.5. The molecule has 5 atom stereocenters. The van der Waals surface area contributed by atoms with Crippen molar-refractivity contribution in [2.45, 2.75) is 69.9 Å². The predicted molar refractivity (Wildman–Crippen MR) is 186 cm³/mol. The van der Waals surface area contributed by atoms with Crippen LogP contribution in [0, 0.1) is 0 Å². The van der Waals surface area contributed by atoms with Gasteiger partial charge in [-0.25, -0.2) is 9.79 Å². The summed E-state index contributed by atoms with van der Waals surface area (Å²) < 4.78 is 79.4. The summed E-state index contributed by atoms with van der Waals surface area (Å²) in [6, 6.07) is 33.0. The maximum Gasteiger partial charge on any atom is 0.468 e. The normalized spacial score (nSPS) is 20.3. The molecule has 0 aromatic heterocycles. The van der Waals surface area contributed by atoms with E-state index in [4.69, 9.17) is 28.4 Å². The number of hydrogen-bond donors (Lipinski definition) is 0. The molecule has 1 fully saturated rings. The van der Waals surface area contributed by atoms with Gasteiger partial charge in [-0.2, -0.15) is 13.2 Å². The Morgan fingerprint density at radius 1 is 0.679 bits per heavy atom. The lowest BCUT2D eigenvalue weighted by Gasteiger charge is -2.44. The number of halogens is 3. The number of nitrogens with zero attached hydrogens (tertiary/aromatic N) is 1. The van der Waals surface area contributed by atoms with Crippen molar-refractivity contribution in [1.82, 2.24) is 0 Å². The van der Waals surface area contributed by atoms with Crippen LogP contribution in [0.4, 0.5) is 18.9 Å². The quantitative estimate of drug-likeness (QED) is 0.0703. The van der Waals surface area contributed by atoms with Gasteiger partial charge in [0, 0.05) is 6.42 Å². The third-order valence-corrected chi connectivity index (χ3v) is 7.93. The maximum absolute atomic E-state index is 14.6. The molecule has 1 heterocycles. The Kier molecular flexibility index (Phi) is 13.9. The lowest BCUT2D eigenvalue weighted by molar-refractivity contribution is -0.299. The molecule has 0 amide bonds. The molecule has 1 aliphatic heterocycles. The summed E-state index contributed by atoms with van der Waals surface area (Å²) in [5.41, 5.74) is 1.45. The molecular formula is C40H38F3NO9. The van der Waals surface area contributed by atoms with E-state index in [1.54, 1.807) is 54.6 Å². The minimum absolute atomic E-state index is 0.0645. The van der Waals surface area contributed by atoms with E-state index in [1.165, 1.54) is 43.3 Å². The van der Waals surface area contributed by atoms with Gasteiger partial charge in [0.2, 0.25) is 6.29 Å². The van der Waals surface area contributed by atoms with Crippen LogP contribution in [0.25, 0.3) is 0 Å². The molecule has 1 aliphatic rings. The van der Waals surface area contributed by atoms with Gasteiger partial charge in [-0.05, 0) is 42.3 Å². The fourth-order valence-electron chi connectivity index (χ4n) is 5.34. The molecule has 0 bridgehead atoms. The van der Waals surface area contributed by atoms with Gasteiger partial charge in [0.15, 0.2) is 12.2 Å². The molecule has 278 valence electrons. The first-order chi connectivity index (χ1) is 25.6. The highest BCUT2D eigenvalue weighted by Crippen LogP contribution is 2.34. The largest absolute Gasteiger partial charge is 0.468 e. The summed E-state index contributed by atoms with van der Waals surface area (Å²) in [5.74, 6) is -3.70. The number of alkyl halides is 3. The fourth-order valence-corrected chi connectivity index (χ4v) is 5.34. The van der Waals surface area contributed by atoms with Crippen molar-refractivity contribution in [3.05, 3.63) is 138 Å². The molecular weight excluding hydrogens is 695 g/mol. The Bertz CT molecular complexity index is 1790. The zero-order valence-corrected chi connectivity index (χ0v) is 28.7. The monoisotopic (exact) mass is 733 g/mol. The third kappa shape index (κ3) is 11.8. The van der Waals surface area contributed by atoms with Gasteiger partial charge in [-0.3, -0.25) is 4.79 Å². The SMILES string of the molecule is CC(=O)CCC(=O)O[C@H]1[C@H](OCc2ccccc2)[C@@H](OC(=O)c2ccccc2)[C@@H](OC(=Nc2ccccc2)C(F)(F)F)O[C@@H]1COCc1ccccc1. The summed E-state index contributed by atoms with van der Waals surface area (Å²) >= 11 is 0. The molecule has 0 aliphatic carbocycles. The number of carbonyl (C=O) groups excluding carboxylic acids is 3. The molecule has 4 aromatic carbocycles. The van der Waals surface area contributed by atoms with Crippen LogP contribution in [0.5, 0.6) is 0 Å². The molecule has 4 aromatic rings. The Morgan fingerprint density at radius 3 is 1.83 bits per heavy atom. The molecule has 0 N–H and O–H groups in total. The van der Waals surface area contributed by atoms with Crippen molar-refractivity contribution >= 4 is 29.3 Å². The number of para-hydroxylation sites is 1. The second-order valence-corrected chi connectivity index (χ2v) is 12.1. The van der Waals surface area contributed by atoms with Gasteiger partial charge < -0.3 is 33.2 Å². The van der Waals surface area contributed by atoms with Gasteiger partial charge in [-0.1, -0.05) is 97.1 Å². The number of ether oxygens (including phenoxy) is 6. The minimum atomic E-state index is -5.12. The number of carbonyl (C=O) groups is 3. The van der Waals surface area contributed by atoms with E-state index in [0.717, 1.165) is 5.56 Å². The molecule has 10 nitrogen and oxygen atoms in total. The first-order valence-electron chi connectivity index (χ1n) is 16.8. The first-order valence-corrected chi connectivity index (χ1v) is 16.8. The van der Waals surface area contributed by atoms with Crippen molar-refractivity contribution in [3.63, 3.8) is 0 Å². The highest BCUT2D eigenvalue weighted by molar-refractivity contribution is 5.89. The van der Waals surface area contributed by atoms with Gasteiger partial charge >= 0.3 is 18.1 Å². The van der Waals surface area contributed by atoms with E-state index in [-0.39, 0.29) is 49.7 Å². The van der Waals surface area contributed by atoms with Gasteiger partial charge in [0.1, 0.15) is 18.0 Å². The molecule has 53 heavy (non-hydrogen) atoms. The van der Waals surface area contributed by atoms with Gasteiger partial charge in [0.25, 0.3) is 5.90 Å². The lowest BCUT2D eigenvalue weighted by atomic mass is 9.97. The summed E-state index contributed by atoms with van der Waals surface area (Å²) in [6.45, 7) is 0.934. The van der Waals surface area contributed by atoms with E-state index in [1.807, 2.05) is 30.3 Å². The maximum atomic E-state index is 14.6. The lowest BCUT2D eigenvalue weighted by Crippen LogP contribution is -2.63. The van der Waals surface area contributed by atoms with Crippen LogP contribution in [-0.4, -0.2) is 67.1 Å².